The molecule has 1 amide bonds. The van der Waals surface area contributed by atoms with Gasteiger partial charge in [0.25, 0.3) is 5.78 Å². The number of amides is 1. The van der Waals surface area contributed by atoms with Crippen molar-refractivity contribution in [3.63, 3.8) is 0 Å². The number of hydrogen-bond acceptors (Lipinski definition) is 9. The molecule has 0 spiro atoms. The second kappa shape index (κ2) is 9.66. The fourth-order valence-corrected chi connectivity index (χ4v) is 5.23. The second-order valence-electron chi connectivity index (χ2n) is 8.18. The van der Waals surface area contributed by atoms with Crippen molar-refractivity contribution in [1.82, 2.24) is 4.98 Å². The molecule has 2 aromatic carbocycles. The molecule has 11 heteroatoms. The van der Waals surface area contributed by atoms with Gasteiger partial charge in [0.05, 0.1) is 17.9 Å². The van der Waals surface area contributed by atoms with Crippen LogP contribution in [0.15, 0.2) is 48.0 Å². The van der Waals surface area contributed by atoms with E-state index in [1.165, 1.54) is 30.3 Å². The van der Waals surface area contributed by atoms with Gasteiger partial charge in [-0.2, -0.15) is 0 Å². The highest BCUT2D eigenvalue weighted by atomic mass is 32.1. The van der Waals surface area contributed by atoms with E-state index >= 15 is 4.39 Å². The van der Waals surface area contributed by atoms with E-state index < -0.39 is 35.3 Å². The highest BCUT2D eigenvalue weighted by Gasteiger charge is 2.49. The third kappa shape index (κ3) is 4.20. The van der Waals surface area contributed by atoms with Gasteiger partial charge in [-0.25, -0.2) is 14.2 Å². The van der Waals surface area contributed by atoms with Crippen LogP contribution in [0.3, 0.4) is 0 Å². The lowest BCUT2D eigenvalue weighted by atomic mass is 9.95. The maximum absolute atomic E-state index is 15.1. The molecule has 0 saturated carbocycles. The number of hydrogen-bond donors (Lipinski definition) is 1. The summed E-state index contributed by atoms with van der Waals surface area (Å²) in [5, 5.41) is 11.3. The van der Waals surface area contributed by atoms with E-state index in [-0.39, 0.29) is 33.3 Å². The van der Waals surface area contributed by atoms with Crippen molar-refractivity contribution in [2.24, 2.45) is 0 Å². The van der Waals surface area contributed by atoms with E-state index in [9.17, 15) is 19.5 Å². The van der Waals surface area contributed by atoms with Crippen LogP contribution in [-0.2, 0) is 14.3 Å². The average Bonchev–Trinajstić information content (AvgIpc) is 3.40. The summed E-state index contributed by atoms with van der Waals surface area (Å²) in [6.45, 7) is 4.04. The van der Waals surface area contributed by atoms with Gasteiger partial charge in [-0.05, 0) is 38.1 Å². The first-order valence-electron chi connectivity index (χ1n) is 11.4. The summed E-state index contributed by atoms with van der Waals surface area (Å²) < 4.78 is 31.2. The number of Topliss-reactive ketones (excluding diaryl/α,β-unsaturated/α-hetero) is 1. The number of carbonyl (C=O) groups excluding carboxylic acids is 3. The van der Waals surface area contributed by atoms with Gasteiger partial charge in [0.2, 0.25) is 0 Å². The largest absolute Gasteiger partial charge is 0.507 e. The summed E-state index contributed by atoms with van der Waals surface area (Å²) in [7, 11) is 0. The van der Waals surface area contributed by atoms with Crippen LogP contribution in [0.5, 0.6) is 11.5 Å². The molecule has 2 aliphatic heterocycles. The molecule has 0 bridgehead atoms. The monoisotopic (exact) mass is 524 g/mol. The number of aromatic nitrogens is 1. The van der Waals surface area contributed by atoms with Gasteiger partial charge >= 0.3 is 11.9 Å². The van der Waals surface area contributed by atoms with Crippen LogP contribution < -0.4 is 14.4 Å². The first kappa shape index (κ1) is 24.4. The molecule has 1 saturated heterocycles. The Morgan fingerprint density at radius 3 is 2.65 bits per heavy atom. The van der Waals surface area contributed by atoms with E-state index in [4.69, 9.17) is 14.2 Å². The smallest absolute Gasteiger partial charge is 0.350 e. The molecule has 0 unspecified atom stereocenters. The molecule has 1 aromatic heterocycles. The van der Waals surface area contributed by atoms with Crippen molar-refractivity contribution in [3.05, 3.63) is 75.6 Å². The lowest BCUT2D eigenvalue weighted by Crippen LogP contribution is -2.29. The van der Waals surface area contributed by atoms with Gasteiger partial charge in [0, 0.05) is 11.1 Å². The predicted octanol–water partition coefficient (Wildman–Crippen LogP) is 4.16. The zero-order chi connectivity index (χ0) is 26.3. The minimum absolute atomic E-state index is 0.00266. The Kier molecular flexibility index (Phi) is 6.38. The quantitative estimate of drug-likeness (QED) is 0.229. The maximum atomic E-state index is 15.1. The van der Waals surface area contributed by atoms with Crippen LogP contribution in [-0.4, -0.2) is 47.6 Å². The van der Waals surface area contributed by atoms with Crippen molar-refractivity contribution < 1.29 is 38.1 Å². The van der Waals surface area contributed by atoms with Gasteiger partial charge in [0.15, 0.2) is 16.6 Å². The number of carbonyl (C=O) groups is 3. The molecule has 1 fully saturated rings. The summed E-state index contributed by atoms with van der Waals surface area (Å²) in [5.74, 6) is -3.03. The van der Waals surface area contributed by atoms with E-state index in [0.29, 0.717) is 30.4 Å². The van der Waals surface area contributed by atoms with Crippen LogP contribution in [0.4, 0.5) is 9.52 Å². The Morgan fingerprint density at radius 1 is 1.19 bits per heavy atom. The van der Waals surface area contributed by atoms with E-state index in [2.05, 4.69) is 4.98 Å². The van der Waals surface area contributed by atoms with Gasteiger partial charge in [-0.1, -0.05) is 29.5 Å². The molecule has 3 heterocycles. The molecule has 5 rings (SSSR count). The molecular weight excluding hydrogens is 503 g/mol. The summed E-state index contributed by atoms with van der Waals surface area (Å²) in [6, 6.07) is 8.88. The van der Waals surface area contributed by atoms with Gasteiger partial charge in [-0.3, -0.25) is 14.5 Å². The fraction of sp³-hybridized carbons (Fsp3) is 0.231. The highest BCUT2D eigenvalue weighted by molar-refractivity contribution is 7.17. The average molecular weight is 525 g/mol. The molecule has 2 aliphatic rings. The number of rotatable bonds is 5. The number of halogens is 1. The Balaban J connectivity index is 1.68. The topological polar surface area (TPSA) is 115 Å². The predicted molar refractivity (Wildman–Crippen MR) is 131 cm³/mol. The molecule has 190 valence electrons. The minimum atomic E-state index is -1.34. The molecule has 1 atom stereocenters. The number of thiazole rings is 1. The number of aliphatic hydroxyl groups is 1. The normalized spacial score (nSPS) is 18.2. The molecule has 3 aromatic rings. The lowest BCUT2D eigenvalue weighted by molar-refractivity contribution is -0.132. The number of benzene rings is 2. The Labute approximate surface area is 214 Å². The Bertz CT molecular complexity index is 1460. The molecule has 37 heavy (non-hydrogen) atoms. The van der Waals surface area contributed by atoms with Crippen molar-refractivity contribution >= 4 is 39.9 Å². The number of aryl methyl sites for hydroxylation is 1. The number of fused-ring (bicyclic) bond motifs is 1. The Morgan fingerprint density at radius 2 is 1.92 bits per heavy atom. The maximum Gasteiger partial charge on any atom is 0.350 e. The van der Waals surface area contributed by atoms with Gasteiger partial charge in [0.1, 0.15) is 35.7 Å². The van der Waals surface area contributed by atoms with Crippen molar-refractivity contribution in [1.29, 1.82) is 0 Å². The zero-order valence-electron chi connectivity index (χ0n) is 19.8. The van der Waals surface area contributed by atoms with Crippen LogP contribution in [0.2, 0.25) is 0 Å². The molecule has 0 radical (unpaired) electrons. The number of aliphatic hydroxyl groups excluding tert-OH is 1. The Hall–Kier alpha value is -4.25. The molecular formula is C26H21FN2O7S. The standard InChI is InChI=1S/C26H21FN2O7S/c1-3-34-25(33)23-13(2)28-26(37-23)29-20(15-6-4-5-7-16(15)27)19(22(31)24(29)32)21(30)14-8-9-17-18(12-14)36-11-10-35-17/h4-9,12,20,30H,3,10-11H2,1-2H3/t20-/m1/s1. The van der Waals surface area contributed by atoms with E-state index in [0.717, 1.165) is 16.2 Å². The number of ketones is 1. The summed E-state index contributed by atoms with van der Waals surface area (Å²) in [4.78, 5) is 44.5. The lowest BCUT2D eigenvalue weighted by Gasteiger charge is -2.23. The van der Waals surface area contributed by atoms with Crippen molar-refractivity contribution in [2.75, 3.05) is 24.7 Å². The third-order valence-electron chi connectivity index (χ3n) is 5.91. The number of ether oxygens (including phenoxy) is 3. The van der Waals surface area contributed by atoms with E-state index in [1.54, 1.807) is 26.0 Å². The second-order valence-corrected chi connectivity index (χ2v) is 9.16. The number of nitrogens with zero attached hydrogens (tertiary/aromatic N) is 2. The third-order valence-corrected chi connectivity index (χ3v) is 7.05. The van der Waals surface area contributed by atoms with Gasteiger partial charge < -0.3 is 19.3 Å². The summed E-state index contributed by atoms with van der Waals surface area (Å²) in [5.41, 5.74) is 0.134. The van der Waals surface area contributed by atoms with Crippen LogP contribution >= 0.6 is 11.3 Å². The fourth-order valence-electron chi connectivity index (χ4n) is 4.24. The van der Waals surface area contributed by atoms with Crippen LogP contribution in [0.1, 0.15) is 39.5 Å². The molecule has 1 N–H and O–H groups in total. The summed E-state index contributed by atoms with van der Waals surface area (Å²) in [6.07, 6.45) is 0. The van der Waals surface area contributed by atoms with Crippen LogP contribution in [0, 0.1) is 12.7 Å². The zero-order valence-corrected chi connectivity index (χ0v) is 20.6. The first-order chi connectivity index (χ1) is 17.8. The minimum Gasteiger partial charge on any atom is -0.507 e. The van der Waals surface area contributed by atoms with Crippen molar-refractivity contribution in [3.8, 4) is 11.5 Å². The number of esters is 1. The van der Waals surface area contributed by atoms with Gasteiger partial charge in [-0.15, -0.1) is 0 Å². The summed E-state index contributed by atoms with van der Waals surface area (Å²) >= 11 is 0.847. The molecule has 0 aliphatic carbocycles. The highest BCUT2D eigenvalue weighted by Crippen LogP contribution is 2.45. The van der Waals surface area contributed by atoms with Crippen molar-refractivity contribution in [2.45, 2.75) is 19.9 Å². The molecule has 9 nitrogen and oxygen atoms in total. The van der Waals surface area contributed by atoms with E-state index in [1.807, 2.05) is 0 Å². The number of anilines is 1. The SMILES string of the molecule is CCOC(=O)c1sc(N2C(=O)C(=O)C(=C(O)c3ccc4c(c3)OCCO4)[C@H]2c2ccccc2F)nc1C. The van der Waals surface area contributed by atoms with Crippen LogP contribution in [0.25, 0.3) is 5.76 Å². The first-order valence-corrected chi connectivity index (χ1v) is 12.2.